The normalized spacial score (nSPS) is 14.1. The van der Waals surface area contributed by atoms with Crippen molar-refractivity contribution in [1.29, 1.82) is 0 Å². The minimum atomic E-state index is -0.0882. The lowest BCUT2D eigenvalue weighted by Gasteiger charge is -2.39. The van der Waals surface area contributed by atoms with Gasteiger partial charge in [0.05, 0.1) is 34.0 Å². The Morgan fingerprint density at radius 2 is 1.53 bits per heavy atom. The minimum absolute atomic E-state index is 0.0388. The number of hydrogen-bond acceptors (Lipinski definition) is 7. The first kappa shape index (κ1) is 27.7. The monoisotopic (exact) mass is 583 g/mol. The summed E-state index contributed by atoms with van der Waals surface area (Å²) in [4.78, 5) is 22.4. The number of piperidine rings is 1. The number of aromatic nitrogens is 1. The third-order valence-corrected chi connectivity index (χ3v) is 7.34. The van der Waals surface area contributed by atoms with Gasteiger partial charge < -0.3 is 28.7 Å². The fourth-order valence-corrected chi connectivity index (χ4v) is 5.23. The average molecular weight is 585 g/mol. The summed E-state index contributed by atoms with van der Waals surface area (Å²) >= 11 is 3.44. The Morgan fingerprint density at radius 3 is 2.16 bits per heavy atom. The standard InChI is InChI=1S/C29H34BrN3O5/c1-35-25-7-5-20(15-27(25)37-3)9-12-32-13-10-23(11-14-32)33(29(34)21-16-22(30)19-31-18-21)24-6-8-26(36-2)28(17-24)38-4/h5-8,15-19,23H,9-14H2,1-4H3. The van der Waals surface area contributed by atoms with Crippen LogP contribution in [0.15, 0.2) is 59.3 Å². The number of pyridine rings is 1. The second kappa shape index (κ2) is 13.0. The molecule has 1 aromatic heterocycles. The van der Waals surface area contributed by atoms with Crippen molar-refractivity contribution in [2.45, 2.75) is 25.3 Å². The van der Waals surface area contributed by atoms with E-state index >= 15 is 0 Å². The Labute approximate surface area is 232 Å². The highest BCUT2D eigenvalue weighted by Gasteiger charge is 2.31. The number of carbonyl (C=O) groups is 1. The molecule has 1 saturated heterocycles. The summed E-state index contributed by atoms with van der Waals surface area (Å²) in [5, 5.41) is 0. The number of ether oxygens (including phenoxy) is 4. The van der Waals surface area contributed by atoms with Crippen molar-refractivity contribution in [1.82, 2.24) is 9.88 Å². The molecule has 0 saturated carbocycles. The number of halogens is 1. The fraction of sp³-hybridized carbons (Fsp3) is 0.379. The SMILES string of the molecule is COc1ccc(CCN2CCC(N(C(=O)c3cncc(Br)c3)c3ccc(OC)c(OC)c3)CC2)cc1OC. The van der Waals surface area contributed by atoms with Crippen LogP contribution in [0.1, 0.15) is 28.8 Å². The van der Waals surface area contributed by atoms with Crippen molar-refractivity contribution in [2.75, 3.05) is 53.0 Å². The molecule has 1 amide bonds. The quantitative estimate of drug-likeness (QED) is 0.323. The lowest BCUT2D eigenvalue weighted by molar-refractivity contribution is 0.0960. The summed E-state index contributed by atoms with van der Waals surface area (Å²) in [6, 6.07) is 13.5. The first-order valence-corrected chi connectivity index (χ1v) is 13.4. The predicted molar refractivity (Wildman–Crippen MR) is 151 cm³/mol. The van der Waals surface area contributed by atoms with Crippen molar-refractivity contribution in [3.8, 4) is 23.0 Å². The number of amides is 1. The van der Waals surface area contributed by atoms with Crippen LogP contribution in [0.4, 0.5) is 5.69 Å². The Hall–Kier alpha value is -3.30. The summed E-state index contributed by atoms with van der Waals surface area (Å²) in [5.41, 5.74) is 2.51. The van der Waals surface area contributed by atoms with Gasteiger partial charge in [0.2, 0.25) is 0 Å². The summed E-state index contributed by atoms with van der Waals surface area (Å²) in [6.45, 7) is 2.72. The van der Waals surface area contributed by atoms with Crippen LogP contribution in [-0.2, 0) is 6.42 Å². The van der Waals surface area contributed by atoms with Crippen molar-refractivity contribution in [3.63, 3.8) is 0 Å². The van der Waals surface area contributed by atoms with Gasteiger partial charge in [-0.25, -0.2) is 0 Å². The van der Waals surface area contributed by atoms with Crippen molar-refractivity contribution >= 4 is 27.5 Å². The van der Waals surface area contributed by atoms with E-state index in [0.29, 0.717) is 17.1 Å². The molecule has 3 aromatic rings. The van der Waals surface area contributed by atoms with E-state index in [1.165, 1.54) is 5.56 Å². The molecule has 1 aliphatic rings. The zero-order valence-electron chi connectivity index (χ0n) is 22.3. The molecular weight excluding hydrogens is 550 g/mol. The molecule has 2 aromatic carbocycles. The summed E-state index contributed by atoms with van der Waals surface area (Å²) in [6.07, 6.45) is 5.90. The smallest absolute Gasteiger partial charge is 0.260 e. The molecular formula is C29H34BrN3O5. The van der Waals surface area contributed by atoms with Crippen LogP contribution in [0.5, 0.6) is 23.0 Å². The maximum Gasteiger partial charge on any atom is 0.260 e. The molecule has 0 spiro atoms. The fourth-order valence-electron chi connectivity index (χ4n) is 4.86. The molecule has 202 valence electrons. The van der Waals surface area contributed by atoms with E-state index in [2.05, 4.69) is 31.9 Å². The predicted octanol–water partition coefficient (Wildman–Crippen LogP) is 5.23. The van der Waals surface area contributed by atoms with E-state index in [9.17, 15) is 4.79 Å². The van der Waals surface area contributed by atoms with Crippen LogP contribution >= 0.6 is 15.9 Å². The van der Waals surface area contributed by atoms with Crippen molar-refractivity contribution in [2.24, 2.45) is 0 Å². The number of hydrogen-bond donors (Lipinski definition) is 0. The van der Waals surface area contributed by atoms with Crippen LogP contribution in [0.3, 0.4) is 0 Å². The van der Waals surface area contributed by atoms with Gasteiger partial charge in [-0.15, -0.1) is 0 Å². The number of methoxy groups -OCH3 is 4. The highest BCUT2D eigenvalue weighted by Crippen LogP contribution is 2.35. The van der Waals surface area contributed by atoms with E-state index in [1.54, 1.807) is 46.9 Å². The second-order valence-electron chi connectivity index (χ2n) is 9.12. The molecule has 0 bridgehead atoms. The average Bonchev–Trinajstić information content (AvgIpc) is 2.96. The Bertz CT molecular complexity index is 1250. The molecule has 1 aliphatic heterocycles. The summed E-state index contributed by atoms with van der Waals surface area (Å²) in [7, 11) is 6.50. The first-order chi connectivity index (χ1) is 18.5. The maximum atomic E-state index is 13.8. The van der Waals surface area contributed by atoms with E-state index in [4.69, 9.17) is 18.9 Å². The van der Waals surface area contributed by atoms with Gasteiger partial charge in [-0.2, -0.15) is 0 Å². The number of likely N-dealkylation sites (tertiary alicyclic amines) is 1. The van der Waals surface area contributed by atoms with E-state index in [1.807, 2.05) is 35.2 Å². The molecule has 4 rings (SSSR count). The Morgan fingerprint density at radius 1 is 0.895 bits per heavy atom. The Kier molecular flexibility index (Phi) is 9.47. The first-order valence-electron chi connectivity index (χ1n) is 12.6. The van der Waals surface area contributed by atoms with Gasteiger partial charge in [0.1, 0.15) is 0 Å². The highest BCUT2D eigenvalue weighted by atomic mass is 79.9. The number of nitrogens with zero attached hydrogens (tertiary/aromatic N) is 3. The zero-order valence-corrected chi connectivity index (χ0v) is 23.9. The number of anilines is 1. The van der Waals surface area contributed by atoms with E-state index in [-0.39, 0.29) is 11.9 Å². The highest BCUT2D eigenvalue weighted by molar-refractivity contribution is 9.10. The molecule has 0 N–H and O–H groups in total. The topological polar surface area (TPSA) is 73.4 Å². The minimum Gasteiger partial charge on any atom is -0.493 e. The van der Waals surface area contributed by atoms with Gasteiger partial charge in [-0.1, -0.05) is 6.07 Å². The molecule has 2 heterocycles. The zero-order chi connectivity index (χ0) is 27.1. The third kappa shape index (κ3) is 6.39. The van der Waals surface area contributed by atoms with Gasteiger partial charge in [0.15, 0.2) is 23.0 Å². The van der Waals surface area contributed by atoms with Crippen molar-refractivity contribution in [3.05, 3.63) is 70.5 Å². The van der Waals surface area contributed by atoms with E-state index in [0.717, 1.165) is 60.6 Å². The van der Waals surface area contributed by atoms with Gasteiger partial charge in [0.25, 0.3) is 5.91 Å². The van der Waals surface area contributed by atoms with Crippen LogP contribution in [-0.4, -0.2) is 69.9 Å². The van der Waals surface area contributed by atoms with Crippen LogP contribution < -0.4 is 23.8 Å². The molecule has 1 fully saturated rings. The van der Waals surface area contributed by atoms with Crippen LogP contribution in [0, 0.1) is 0 Å². The Balaban J connectivity index is 1.49. The van der Waals surface area contributed by atoms with Gasteiger partial charge in [0, 0.05) is 54.3 Å². The van der Waals surface area contributed by atoms with Crippen LogP contribution in [0.2, 0.25) is 0 Å². The number of carbonyl (C=O) groups excluding carboxylic acids is 1. The lowest BCUT2D eigenvalue weighted by Crippen LogP contribution is -2.48. The number of rotatable bonds is 10. The molecule has 38 heavy (non-hydrogen) atoms. The largest absolute Gasteiger partial charge is 0.493 e. The molecule has 0 unspecified atom stereocenters. The van der Waals surface area contributed by atoms with Crippen LogP contribution in [0.25, 0.3) is 0 Å². The molecule has 9 heteroatoms. The van der Waals surface area contributed by atoms with Gasteiger partial charge in [-0.05, 0) is 71.1 Å². The van der Waals surface area contributed by atoms with E-state index < -0.39 is 0 Å². The van der Waals surface area contributed by atoms with Gasteiger partial charge in [-0.3, -0.25) is 9.78 Å². The third-order valence-electron chi connectivity index (χ3n) is 6.90. The van der Waals surface area contributed by atoms with Gasteiger partial charge >= 0.3 is 0 Å². The molecule has 0 atom stereocenters. The summed E-state index contributed by atoms with van der Waals surface area (Å²) in [5.74, 6) is 2.60. The summed E-state index contributed by atoms with van der Waals surface area (Å²) < 4.78 is 22.5. The molecule has 0 aliphatic carbocycles. The maximum absolute atomic E-state index is 13.8. The molecule has 8 nitrogen and oxygen atoms in total. The lowest BCUT2D eigenvalue weighted by atomic mass is 10.00. The number of benzene rings is 2. The van der Waals surface area contributed by atoms with Crippen molar-refractivity contribution < 1.29 is 23.7 Å². The second-order valence-corrected chi connectivity index (χ2v) is 10.0. The molecule has 0 radical (unpaired) electrons.